The molecule has 6 heteroatoms. The predicted molar refractivity (Wildman–Crippen MR) is 100 cm³/mol. The number of carbonyl (C=O) groups is 1. The van der Waals surface area contributed by atoms with Gasteiger partial charge in [-0.05, 0) is 48.6 Å². The van der Waals surface area contributed by atoms with E-state index < -0.39 is 0 Å². The second-order valence-corrected chi connectivity index (χ2v) is 6.99. The first-order valence-electron chi connectivity index (χ1n) is 9.19. The van der Waals surface area contributed by atoms with E-state index in [1.54, 1.807) is 11.6 Å². The third kappa shape index (κ3) is 4.64. The van der Waals surface area contributed by atoms with Crippen molar-refractivity contribution in [2.75, 3.05) is 26.2 Å². The van der Waals surface area contributed by atoms with Crippen LogP contribution in [0, 0.1) is 12.0 Å². The lowest BCUT2D eigenvalue weighted by atomic mass is 10.0. The Labute approximate surface area is 155 Å². The summed E-state index contributed by atoms with van der Waals surface area (Å²) < 4.78 is 7.66. The van der Waals surface area contributed by atoms with E-state index >= 15 is 0 Å². The van der Waals surface area contributed by atoms with E-state index in [1.165, 1.54) is 0 Å². The number of ether oxygens (including phenoxy) is 1. The highest BCUT2D eigenvalue weighted by atomic mass is 16.5. The smallest absolute Gasteiger partial charge is 0.233 e. The normalized spacial score (nSPS) is 15.8. The molecule has 0 saturated carbocycles. The zero-order valence-corrected chi connectivity index (χ0v) is 15.8. The molecule has 0 atom stereocenters. The molecule has 1 saturated heterocycles. The molecule has 1 aromatic carbocycles. The standard InChI is InChI=1S/C20H27N4O2/c1-16-7-9-23(10-8-16)24(17(2)25)11-12-26-20-6-4-5-18(13-20)19-14-21-22(3)15-19/h5-6,13-16H,7-12H2,1-3H3. The summed E-state index contributed by atoms with van der Waals surface area (Å²) in [5.74, 6) is 1.56. The van der Waals surface area contributed by atoms with Crippen LogP contribution in [-0.2, 0) is 11.8 Å². The minimum Gasteiger partial charge on any atom is -0.492 e. The van der Waals surface area contributed by atoms with Crippen LogP contribution < -0.4 is 4.74 Å². The number of piperidine rings is 1. The second-order valence-electron chi connectivity index (χ2n) is 6.99. The molecule has 1 aromatic heterocycles. The quantitative estimate of drug-likeness (QED) is 0.799. The van der Waals surface area contributed by atoms with Gasteiger partial charge in [-0.25, -0.2) is 5.01 Å². The summed E-state index contributed by atoms with van der Waals surface area (Å²) in [6.07, 6.45) is 6.04. The van der Waals surface area contributed by atoms with Crippen LogP contribution in [0.2, 0.25) is 0 Å². The van der Waals surface area contributed by atoms with Crippen LogP contribution in [-0.4, -0.2) is 51.9 Å². The summed E-state index contributed by atoms with van der Waals surface area (Å²) in [6.45, 7) is 6.77. The summed E-state index contributed by atoms with van der Waals surface area (Å²) >= 11 is 0. The highest BCUT2D eigenvalue weighted by Gasteiger charge is 2.23. The summed E-state index contributed by atoms with van der Waals surface area (Å²) in [6, 6.07) is 8.83. The number of hydrogen-bond acceptors (Lipinski definition) is 4. The van der Waals surface area contributed by atoms with E-state index in [9.17, 15) is 4.79 Å². The largest absolute Gasteiger partial charge is 0.492 e. The van der Waals surface area contributed by atoms with Gasteiger partial charge < -0.3 is 4.74 Å². The van der Waals surface area contributed by atoms with Gasteiger partial charge in [0.1, 0.15) is 12.4 Å². The third-order valence-corrected chi connectivity index (χ3v) is 4.84. The highest BCUT2D eigenvalue weighted by molar-refractivity contribution is 5.72. The Hall–Kier alpha value is -2.34. The molecule has 2 aromatic rings. The molecule has 0 aliphatic carbocycles. The summed E-state index contributed by atoms with van der Waals surface area (Å²) in [4.78, 5) is 12.0. The van der Waals surface area contributed by atoms with Crippen molar-refractivity contribution in [3.05, 3.63) is 36.7 Å². The molecule has 26 heavy (non-hydrogen) atoms. The molecular weight excluding hydrogens is 328 g/mol. The highest BCUT2D eigenvalue weighted by Crippen LogP contribution is 2.23. The number of hydrogen-bond donors (Lipinski definition) is 0. The lowest BCUT2D eigenvalue weighted by molar-refractivity contribution is -0.150. The Balaban J connectivity index is 1.57. The molecule has 1 radical (unpaired) electrons. The van der Waals surface area contributed by atoms with Crippen LogP contribution in [0.1, 0.15) is 26.7 Å². The second kappa shape index (κ2) is 8.36. The predicted octanol–water partition coefficient (Wildman–Crippen LogP) is 2.76. The number of aromatic nitrogens is 2. The van der Waals surface area contributed by atoms with Gasteiger partial charge in [-0.15, -0.1) is 0 Å². The minimum atomic E-state index is 0.0684. The first kappa shape index (κ1) is 18.5. The fourth-order valence-corrected chi connectivity index (χ4v) is 3.25. The van der Waals surface area contributed by atoms with Crippen LogP contribution in [0.4, 0.5) is 0 Å². The van der Waals surface area contributed by atoms with E-state index in [0.717, 1.165) is 48.7 Å². The summed E-state index contributed by atoms with van der Waals surface area (Å²) in [5.41, 5.74) is 2.05. The van der Waals surface area contributed by atoms with Crippen LogP contribution in [0.25, 0.3) is 11.1 Å². The van der Waals surface area contributed by atoms with Crippen molar-refractivity contribution in [1.29, 1.82) is 0 Å². The van der Waals surface area contributed by atoms with Gasteiger partial charge in [0, 0.05) is 38.8 Å². The maximum atomic E-state index is 12.0. The zero-order valence-electron chi connectivity index (χ0n) is 15.8. The van der Waals surface area contributed by atoms with Gasteiger partial charge in [-0.1, -0.05) is 6.92 Å². The lowest BCUT2D eigenvalue weighted by Crippen LogP contribution is -2.50. The topological polar surface area (TPSA) is 50.6 Å². The Morgan fingerprint density at radius 3 is 2.77 bits per heavy atom. The van der Waals surface area contributed by atoms with Gasteiger partial charge in [0.05, 0.1) is 12.7 Å². The van der Waals surface area contributed by atoms with Crippen molar-refractivity contribution in [2.24, 2.45) is 13.0 Å². The maximum Gasteiger partial charge on any atom is 0.233 e. The van der Waals surface area contributed by atoms with Crippen molar-refractivity contribution < 1.29 is 9.53 Å². The molecule has 0 spiro atoms. The van der Waals surface area contributed by atoms with Crippen molar-refractivity contribution in [3.63, 3.8) is 0 Å². The molecule has 139 valence electrons. The van der Waals surface area contributed by atoms with Crippen LogP contribution in [0.3, 0.4) is 0 Å². The maximum absolute atomic E-state index is 12.0. The van der Waals surface area contributed by atoms with Crippen molar-refractivity contribution in [2.45, 2.75) is 26.7 Å². The third-order valence-electron chi connectivity index (χ3n) is 4.84. The van der Waals surface area contributed by atoms with Crippen LogP contribution >= 0.6 is 0 Å². The Kier molecular flexibility index (Phi) is 5.93. The fourth-order valence-electron chi connectivity index (χ4n) is 3.25. The molecular formula is C20H27N4O2. The average Bonchev–Trinajstić information content (AvgIpc) is 3.06. The van der Waals surface area contributed by atoms with Crippen LogP contribution in [0.15, 0.2) is 30.6 Å². The van der Waals surface area contributed by atoms with E-state index in [1.807, 2.05) is 42.6 Å². The van der Waals surface area contributed by atoms with E-state index in [0.29, 0.717) is 13.2 Å². The fraction of sp³-hybridized carbons (Fsp3) is 0.500. The SMILES string of the molecule is CC(=O)N(CCOc1c[c]cc(-c2cnn(C)c2)c1)N1CCC(C)CC1. The Morgan fingerprint density at radius 1 is 1.35 bits per heavy atom. The number of rotatable bonds is 6. The number of amides is 1. The average molecular weight is 355 g/mol. The van der Waals surface area contributed by atoms with Crippen molar-refractivity contribution in [3.8, 4) is 16.9 Å². The first-order chi connectivity index (χ1) is 12.5. The van der Waals surface area contributed by atoms with Gasteiger partial charge in [-0.3, -0.25) is 14.5 Å². The molecule has 0 bridgehead atoms. The molecule has 1 aliphatic heterocycles. The van der Waals surface area contributed by atoms with Crippen LogP contribution in [0.5, 0.6) is 5.75 Å². The summed E-state index contributed by atoms with van der Waals surface area (Å²) in [5, 5.41) is 8.17. The number of benzene rings is 1. The first-order valence-corrected chi connectivity index (χ1v) is 9.19. The van der Waals surface area contributed by atoms with Gasteiger partial charge in [0.15, 0.2) is 0 Å². The number of carbonyl (C=O) groups excluding carboxylic acids is 1. The monoisotopic (exact) mass is 355 g/mol. The Bertz CT molecular complexity index is 735. The molecule has 0 unspecified atom stereocenters. The number of nitrogens with zero attached hydrogens (tertiary/aromatic N) is 4. The molecule has 1 amide bonds. The van der Waals surface area contributed by atoms with E-state index in [-0.39, 0.29) is 5.91 Å². The van der Waals surface area contributed by atoms with E-state index in [4.69, 9.17) is 4.74 Å². The minimum absolute atomic E-state index is 0.0684. The van der Waals surface area contributed by atoms with Gasteiger partial charge in [0.25, 0.3) is 0 Å². The molecule has 0 N–H and O–H groups in total. The molecule has 3 rings (SSSR count). The van der Waals surface area contributed by atoms with Gasteiger partial charge >= 0.3 is 0 Å². The molecule has 1 aliphatic rings. The van der Waals surface area contributed by atoms with Gasteiger partial charge in [-0.2, -0.15) is 5.10 Å². The molecule has 2 heterocycles. The number of hydrazine groups is 1. The number of aryl methyl sites for hydroxylation is 1. The van der Waals surface area contributed by atoms with Crippen molar-refractivity contribution in [1.82, 2.24) is 19.8 Å². The lowest BCUT2D eigenvalue weighted by Gasteiger charge is -2.38. The zero-order chi connectivity index (χ0) is 18.5. The van der Waals surface area contributed by atoms with E-state index in [2.05, 4.69) is 23.1 Å². The molecule has 1 fully saturated rings. The molecule has 6 nitrogen and oxygen atoms in total. The van der Waals surface area contributed by atoms with Crippen molar-refractivity contribution >= 4 is 5.91 Å². The Morgan fingerprint density at radius 2 is 2.12 bits per heavy atom. The summed E-state index contributed by atoms with van der Waals surface area (Å²) in [7, 11) is 1.89. The van der Waals surface area contributed by atoms with Gasteiger partial charge in [0.2, 0.25) is 5.91 Å².